The lowest BCUT2D eigenvalue weighted by molar-refractivity contribution is 0.523. The zero-order valence-corrected chi connectivity index (χ0v) is 12.9. The Morgan fingerprint density at radius 3 is 2.67 bits per heavy atom. The maximum absolute atomic E-state index is 3.74. The van der Waals surface area contributed by atoms with Crippen molar-refractivity contribution in [1.29, 1.82) is 0 Å². The van der Waals surface area contributed by atoms with Gasteiger partial charge in [0.1, 0.15) is 0 Å². The number of thioether (sulfide) groups is 2. The number of nitrogens with one attached hydrogen (secondary N) is 1. The van der Waals surface area contributed by atoms with Gasteiger partial charge in [-0.25, -0.2) is 0 Å². The number of hydrogen-bond donors (Lipinski definition) is 1. The van der Waals surface area contributed by atoms with Crippen LogP contribution in [-0.4, -0.2) is 29.1 Å². The molecule has 1 heterocycles. The van der Waals surface area contributed by atoms with Gasteiger partial charge in [0.2, 0.25) is 0 Å². The fourth-order valence-electron chi connectivity index (χ4n) is 2.22. The zero-order chi connectivity index (χ0) is 12.8. The molecule has 0 spiro atoms. The van der Waals surface area contributed by atoms with E-state index in [2.05, 4.69) is 67.0 Å². The zero-order valence-electron chi connectivity index (χ0n) is 11.3. The fourth-order valence-corrected chi connectivity index (χ4v) is 4.85. The first kappa shape index (κ1) is 14.3. The Bertz CT molecular complexity index is 344. The Morgan fingerprint density at radius 2 is 2.06 bits per heavy atom. The first-order valence-corrected chi connectivity index (χ1v) is 8.99. The number of benzene rings is 1. The summed E-state index contributed by atoms with van der Waals surface area (Å²) in [7, 11) is 0. The molecule has 1 aromatic rings. The van der Waals surface area contributed by atoms with Gasteiger partial charge in [0.05, 0.1) is 0 Å². The van der Waals surface area contributed by atoms with Crippen LogP contribution in [0.4, 0.5) is 0 Å². The van der Waals surface area contributed by atoms with Crippen LogP contribution < -0.4 is 5.32 Å². The highest BCUT2D eigenvalue weighted by atomic mass is 32.2. The number of hydrogen-bond acceptors (Lipinski definition) is 3. The highest BCUT2D eigenvalue weighted by Gasteiger charge is 2.16. The normalized spacial score (nSPS) is 21.8. The van der Waals surface area contributed by atoms with Crippen molar-refractivity contribution in [2.45, 2.75) is 31.6 Å². The second kappa shape index (κ2) is 7.46. The molecule has 1 aromatic carbocycles. The predicted molar refractivity (Wildman–Crippen MR) is 85.8 cm³/mol. The summed E-state index contributed by atoms with van der Waals surface area (Å²) in [6, 6.07) is 9.46. The third kappa shape index (κ3) is 4.22. The molecule has 1 fully saturated rings. The Kier molecular flexibility index (Phi) is 5.93. The van der Waals surface area contributed by atoms with Crippen molar-refractivity contribution in [1.82, 2.24) is 5.32 Å². The van der Waals surface area contributed by atoms with Gasteiger partial charge in [-0.3, -0.25) is 0 Å². The lowest BCUT2D eigenvalue weighted by Gasteiger charge is -2.25. The van der Waals surface area contributed by atoms with Crippen LogP contribution in [0.1, 0.15) is 30.5 Å². The van der Waals surface area contributed by atoms with Gasteiger partial charge in [0.15, 0.2) is 0 Å². The molecule has 1 aliphatic rings. The Labute approximate surface area is 120 Å². The van der Waals surface area contributed by atoms with E-state index in [9.17, 15) is 0 Å². The maximum Gasteiger partial charge on any atom is 0.0318 e. The van der Waals surface area contributed by atoms with Crippen molar-refractivity contribution >= 4 is 23.5 Å². The van der Waals surface area contributed by atoms with E-state index in [0.717, 1.165) is 18.2 Å². The van der Waals surface area contributed by atoms with Crippen LogP contribution in [0.2, 0.25) is 0 Å². The minimum absolute atomic E-state index is 0.512. The molecule has 1 nitrogen and oxygen atoms in total. The molecule has 0 amide bonds. The van der Waals surface area contributed by atoms with Gasteiger partial charge in [-0.2, -0.15) is 23.5 Å². The van der Waals surface area contributed by atoms with E-state index in [1.54, 1.807) is 0 Å². The number of aryl methyl sites for hydroxylation is 1. The quantitative estimate of drug-likeness (QED) is 0.879. The molecule has 2 rings (SSSR count). The molecule has 0 saturated carbocycles. The SMILES string of the molecule is CCC(NCC1CSCCS1)c1ccc(C)cc1. The third-order valence-corrected chi connectivity index (χ3v) is 6.21. The molecule has 0 radical (unpaired) electrons. The maximum atomic E-state index is 3.74. The molecule has 100 valence electrons. The molecule has 2 unspecified atom stereocenters. The van der Waals surface area contributed by atoms with Crippen LogP contribution >= 0.6 is 23.5 Å². The van der Waals surface area contributed by atoms with Crippen molar-refractivity contribution in [3.05, 3.63) is 35.4 Å². The van der Waals surface area contributed by atoms with Crippen LogP contribution in [0.5, 0.6) is 0 Å². The Balaban J connectivity index is 1.86. The summed E-state index contributed by atoms with van der Waals surface area (Å²) < 4.78 is 0. The second-order valence-electron chi connectivity index (χ2n) is 4.85. The van der Waals surface area contributed by atoms with Gasteiger partial charge >= 0.3 is 0 Å². The van der Waals surface area contributed by atoms with Crippen molar-refractivity contribution in [3.63, 3.8) is 0 Å². The summed E-state index contributed by atoms with van der Waals surface area (Å²) in [4.78, 5) is 0. The standard InChI is InChI=1S/C15H23NS2/c1-3-15(13-6-4-12(2)5-7-13)16-10-14-11-17-8-9-18-14/h4-7,14-16H,3,8-11H2,1-2H3. The highest BCUT2D eigenvalue weighted by molar-refractivity contribution is 8.06. The van der Waals surface area contributed by atoms with Crippen molar-refractivity contribution in [2.75, 3.05) is 23.8 Å². The fraction of sp³-hybridized carbons (Fsp3) is 0.600. The van der Waals surface area contributed by atoms with Gasteiger partial charge in [0.25, 0.3) is 0 Å². The van der Waals surface area contributed by atoms with Gasteiger partial charge in [-0.1, -0.05) is 36.8 Å². The summed E-state index contributed by atoms with van der Waals surface area (Å²) in [5.74, 6) is 3.96. The van der Waals surface area contributed by atoms with Crippen molar-refractivity contribution in [2.24, 2.45) is 0 Å². The molecule has 1 aliphatic heterocycles. The smallest absolute Gasteiger partial charge is 0.0318 e. The molecule has 0 bridgehead atoms. The van der Waals surface area contributed by atoms with Crippen LogP contribution in [0.15, 0.2) is 24.3 Å². The van der Waals surface area contributed by atoms with Gasteiger partial charge in [-0.05, 0) is 18.9 Å². The van der Waals surface area contributed by atoms with E-state index < -0.39 is 0 Å². The number of rotatable bonds is 5. The van der Waals surface area contributed by atoms with Crippen molar-refractivity contribution < 1.29 is 0 Å². The van der Waals surface area contributed by atoms with Crippen molar-refractivity contribution in [3.8, 4) is 0 Å². The van der Waals surface area contributed by atoms with E-state index >= 15 is 0 Å². The van der Waals surface area contributed by atoms with E-state index in [1.807, 2.05) is 0 Å². The Morgan fingerprint density at radius 1 is 1.28 bits per heavy atom. The monoisotopic (exact) mass is 281 g/mol. The second-order valence-corrected chi connectivity index (χ2v) is 7.41. The van der Waals surface area contributed by atoms with E-state index in [-0.39, 0.29) is 0 Å². The lowest BCUT2D eigenvalue weighted by atomic mass is 10.0. The first-order chi connectivity index (χ1) is 8.79. The topological polar surface area (TPSA) is 12.0 Å². The van der Waals surface area contributed by atoms with Crippen LogP contribution in [0, 0.1) is 6.92 Å². The highest BCUT2D eigenvalue weighted by Crippen LogP contribution is 2.24. The van der Waals surface area contributed by atoms with E-state index in [1.165, 1.54) is 28.4 Å². The van der Waals surface area contributed by atoms with E-state index in [0.29, 0.717) is 6.04 Å². The van der Waals surface area contributed by atoms with Gasteiger partial charge in [-0.15, -0.1) is 0 Å². The van der Waals surface area contributed by atoms with Crippen LogP contribution in [0.25, 0.3) is 0 Å². The molecule has 1 N–H and O–H groups in total. The molecular weight excluding hydrogens is 258 g/mol. The summed E-state index contributed by atoms with van der Waals surface area (Å²) in [5.41, 5.74) is 2.77. The summed E-state index contributed by atoms with van der Waals surface area (Å²) in [6.07, 6.45) is 1.16. The Hall–Kier alpha value is -0.120. The molecular formula is C15H23NS2. The molecule has 2 atom stereocenters. The molecule has 0 aromatic heterocycles. The van der Waals surface area contributed by atoms with Crippen LogP contribution in [-0.2, 0) is 0 Å². The largest absolute Gasteiger partial charge is 0.309 e. The van der Waals surface area contributed by atoms with Gasteiger partial charge < -0.3 is 5.32 Å². The van der Waals surface area contributed by atoms with Crippen LogP contribution in [0.3, 0.4) is 0 Å². The summed E-state index contributed by atoms with van der Waals surface area (Å²) in [6.45, 7) is 5.55. The summed E-state index contributed by atoms with van der Waals surface area (Å²) >= 11 is 4.23. The third-order valence-electron chi connectivity index (χ3n) is 3.36. The molecule has 18 heavy (non-hydrogen) atoms. The lowest BCUT2D eigenvalue weighted by Crippen LogP contribution is -2.31. The van der Waals surface area contributed by atoms with Gasteiger partial charge in [0, 0.05) is 35.1 Å². The molecule has 0 aliphatic carbocycles. The minimum atomic E-state index is 0.512. The average Bonchev–Trinajstić information content (AvgIpc) is 2.42. The van der Waals surface area contributed by atoms with E-state index in [4.69, 9.17) is 0 Å². The molecule has 3 heteroatoms. The minimum Gasteiger partial charge on any atom is -0.309 e. The average molecular weight is 281 g/mol. The molecule has 1 saturated heterocycles. The predicted octanol–water partition coefficient (Wildman–Crippen LogP) is 3.88. The first-order valence-electron chi connectivity index (χ1n) is 6.79. The summed E-state index contributed by atoms with van der Waals surface area (Å²) in [5, 5.41) is 4.54.